The Kier molecular flexibility index (Phi) is 4.91. The van der Waals surface area contributed by atoms with E-state index in [9.17, 15) is 4.79 Å². The van der Waals surface area contributed by atoms with Gasteiger partial charge in [0.1, 0.15) is 15.6 Å². The van der Waals surface area contributed by atoms with Crippen LogP contribution in [-0.4, -0.2) is 21.9 Å². The smallest absolute Gasteiger partial charge is 0.344 e. The van der Waals surface area contributed by atoms with Crippen molar-refractivity contribution in [1.29, 1.82) is 0 Å². The molecule has 20 heavy (non-hydrogen) atoms. The Hall–Kier alpha value is -1.67. The van der Waals surface area contributed by atoms with E-state index < -0.39 is 5.97 Å². The lowest BCUT2D eigenvalue weighted by atomic mass is 10.3. The summed E-state index contributed by atoms with van der Waals surface area (Å²) < 4.78 is 8.97. The molecule has 2 rings (SSSR count). The number of rotatable bonds is 6. The summed E-state index contributed by atoms with van der Waals surface area (Å²) in [6.45, 7) is 4.69. The van der Waals surface area contributed by atoms with E-state index in [2.05, 4.69) is 21.6 Å². The SMILES string of the molecule is CCOC(=O)c1c(N)nsc1NCc1ncc(CC)s1. The molecule has 0 saturated carbocycles. The van der Waals surface area contributed by atoms with E-state index in [-0.39, 0.29) is 5.82 Å². The van der Waals surface area contributed by atoms with Gasteiger partial charge in [-0.05, 0) is 24.9 Å². The molecule has 0 spiro atoms. The largest absolute Gasteiger partial charge is 0.462 e. The van der Waals surface area contributed by atoms with Crippen LogP contribution in [0.15, 0.2) is 6.20 Å². The van der Waals surface area contributed by atoms with Crippen molar-refractivity contribution in [2.75, 3.05) is 17.7 Å². The monoisotopic (exact) mass is 312 g/mol. The number of hydrogen-bond acceptors (Lipinski definition) is 8. The first-order valence-corrected chi connectivity index (χ1v) is 7.84. The number of nitrogens with zero attached hydrogens (tertiary/aromatic N) is 2. The number of aromatic nitrogens is 2. The molecule has 0 saturated heterocycles. The number of esters is 1. The van der Waals surface area contributed by atoms with Crippen LogP contribution < -0.4 is 11.1 Å². The standard InChI is InChI=1S/C12H16N4O2S2/c1-3-7-5-14-8(19-7)6-15-11-9(10(13)16-20-11)12(17)18-4-2/h5,15H,3-4,6H2,1-2H3,(H2,13,16). The van der Waals surface area contributed by atoms with Crippen LogP contribution in [0.5, 0.6) is 0 Å². The van der Waals surface area contributed by atoms with Crippen LogP contribution in [0.4, 0.5) is 10.8 Å². The van der Waals surface area contributed by atoms with Crippen LogP contribution in [-0.2, 0) is 17.7 Å². The molecule has 8 heteroatoms. The van der Waals surface area contributed by atoms with E-state index in [0.717, 1.165) is 23.0 Å². The number of ether oxygens (including phenoxy) is 1. The number of nitrogens with two attached hydrogens (primary N) is 1. The Morgan fingerprint density at radius 1 is 1.50 bits per heavy atom. The molecule has 0 aliphatic rings. The topological polar surface area (TPSA) is 90.1 Å². The predicted molar refractivity (Wildman–Crippen MR) is 81.3 cm³/mol. The number of anilines is 2. The first kappa shape index (κ1) is 14.7. The first-order valence-electron chi connectivity index (χ1n) is 6.25. The van der Waals surface area contributed by atoms with E-state index in [4.69, 9.17) is 10.5 Å². The van der Waals surface area contributed by atoms with Crippen molar-refractivity contribution in [2.45, 2.75) is 26.8 Å². The highest BCUT2D eigenvalue weighted by Crippen LogP contribution is 2.28. The molecule has 0 fully saturated rings. The molecule has 2 aromatic heterocycles. The minimum Gasteiger partial charge on any atom is -0.462 e. The molecule has 2 aromatic rings. The predicted octanol–water partition coefficient (Wildman–Crippen LogP) is 2.53. The number of nitrogen functional groups attached to an aromatic ring is 1. The lowest BCUT2D eigenvalue weighted by Crippen LogP contribution is -2.09. The Balaban J connectivity index is 2.07. The molecule has 0 aliphatic heterocycles. The van der Waals surface area contributed by atoms with E-state index in [1.807, 2.05) is 6.20 Å². The molecular formula is C12H16N4O2S2. The molecule has 0 amide bonds. The number of nitrogens with one attached hydrogen (secondary N) is 1. The minimum absolute atomic E-state index is 0.198. The van der Waals surface area contributed by atoms with Gasteiger partial charge in [0.05, 0.1) is 13.2 Å². The zero-order valence-corrected chi connectivity index (χ0v) is 12.9. The molecule has 0 aromatic carbocycles. The maximum atomic E-state index is 11.8. The van der Waals surface area contributed by atoms with Gasteiger partial charge in [0.25, 0.3) is 0 Å². The highest BCUT2D eigenvalue weighted by molar-refractivity contribution is 7.12. The highest BCUT2D eigenvalue weighted by atomic mass is 32.1. The third-order valence-electron chi connectivity index (χ3n) is 2.55. The summed E-state index contributed by atoms with van der Waals surface area (Å²) in [5, 5.41) is 4.73. The van der Waals surface area contributed by atoms with Gasteiger partial charge in [-0.15, -0.1) is 11.3 Å². The minimum atomic E-state index is -0.449. The van der Waals surface area contributed by atoms with E-state index in [0.29, 0.717) is 23.7 Å². The van der Waals surface area contributed by atoms with Crippen molar-refractivity contribution >= 4 is 39.7 Å². The molecule has 0 bridgehead atoms. The average Bonchev–Trinajstić information content (AvgIpc) is 3.03. The van der Waals surface area contributed by atoms with Crippen LogP contribution in [0, 0.1) is 0 Å². The maximum absolute atomic E-state index is 11.8. The number of aryl methyl sites for hydroxylation is 1. The van der Waals surface area contributed by atoms with Crippen molar-refractivity contribution in [1.82, 2.24) is 9.36 Å². The Morgan fingerprint density at radius 3 is 2.95 bits per heavy atom. The van der Waals surface area contributed by atoms with Crippen LogP contribution in [0.25, 0.3) is 0 Å². The van der Waals surface area contributed by atoms with Gasteiger partial charge < -0.3 is 15.8 Å². The zero-order chi connectivity index (χ0) is 14.5. The second kappa shape index (κ2) is 6.67. The summed E-state index contributed by atoms with van der Waals surface area (Å²) in [6.07, 6.45) is 2.84. The Morgan fingerprint density at radius 2 is 2.30 bits per heavy atom. The molecule has 0 unspecified atom stereocenters. The molecule has 0 aliphatic carbocycles. The average molecular weight is 312 g/mol. The van der Waals surface area contributed by atoms with Crippen LogP contribution in [0.1, 0.15) is 34.1 Å². The lowest BCUT2D eigenvalue weighted by Gasteiger charge is -2.05. The summed E-state index contributed by atoms with van der Waals surface area (Å²) in [6, 6.07) is 0. The number of carbonyl (C=O) groups is 1. The fourth-order valence-corrected chi connectivity index (χ4v) is 3.07. The molecule has 2 heterocycles. The van der Waals surface area contributed by atoms with Gasteiger partial charge in [0.15, 0.2) is 5.82 Å². The number of thiazole rings is 1. The fraction of sp³-hybridized carbons (Fsp3) is 0.417. The molecule has 0 atom stereocenters. The zero-order valence-electron chi connectivity index (χ0n) is 11.3. The molecule has 108 valence electrons. The maximum Gasteiger partial charge on any atom is 0.344 e. The van der Waals surface area contributed by atoms with E-state index >= 15 is 0 Å². The fourth-order valence-electron chi connectivity index (χ4n) is 1.57. The third kappa shape index (κ3) is 3.26. The highest BCUT2D eigenvalue weighted by Gasteiger charge is 2.20. The van der Waals surface area contributed by atoms with Crippen LogP contribution >= 0.6 is 22.9 Å². The second-order valence-corrected chi connectivity index (χ2v) is 5.89. The van der Waals surface area contributed by atoms with Gasteiger partial charge >= 0.3 is 5.97 Å². The summed E-state index contributed by atoms with van der Waals surface area (Å²) in [5.41, 5.74) is 6.02. The van der Waals surface area contributed by atoms with Crippen LogP contribution in [0.2, 0.25) is 0 Å². The summed E-state index contributed by atoms with van der Waals surface area (Å²) in [5.74, 6) is -0.251. The molecular weight excluding hydrogens is 296 g/mol. The van der Waals surface area contributed by atoms with Crippen LogP contribution in [0.3, 0.4) is 0 Å². The van der Waals surface area contributed by atoms with Crippen molar-refractivity contribution < 1.29 is 9.53 Å². The van der Waals surface area contributed by atoms with Gasteiger partial charge in [-0.2, -0.15) is 4.37 Å². The van der Waals surface area contributed by atoms with Gasteiger partial charge in [-0.1, -0.05) is 6.92 Å². The van der Waals surface area contributed by atoms with Gasteiger partial charge in [-0.25, -0.2) is 9.78 Å². The van der Waals surface area contributed by atoms with E-state index in [1.54, 1.807) is 18.3 Å². The first-order chi connectivity index (χ1) is 9.65. The molecule has 6 nitrogen and oxygen atoms in total. The third-order valence-corrected chi connectivity index (χ3v) is 4.51. The summed E-state index contributed by atoms with van der Waals surface area (Å²) in [7, 11) is 0. The van der Waals surface area contributed by atoms with E-state index in [1.165, 1.54) is 4.88 Å². The molecule has 3 N–H and O–H groups in total. The second-order valence-electron chi connectivity index (χ2n) is 3.92. The lowest BCUT2D eigenvalue weighted by molar-refractivity contribution is 0.0529. The van der Waals surface area contributed by atoms with Gasteiger partial charge in [0, 0.05) is 11.1 Å². The summed E-state index contributed by atoms with van der Waals surface area (Å²) in [4.78, 5) is 17.4. The van der Waals surface area contributed by atoms with Crippen molar-refractivity contribution in [3.63, 3.8) is 0 Å². The normalized spacial score (nSPS) is 10.5. The quantitative estimate of drug-likeness (QED) is 0.797. The number of hydrogen-bond donors (Lipinski definition) is 2. The van der Waals surface area contributed by atoms with Gasteiger partial charge in [0.2, 0.25) is 0 Å². The van der Waals surface area contributed by atoms with Crippen molar-refractivity contribution in [3.8, 4) is 0 Å². The van der Waals surface area contributed by atoms with Gasteiger partial charge in [-0.3, -0.25) is 0 Å². The Labute approximate surface area is 125 Å². The Bertz CT molecular complexity index is 594. The number of carbonyl (C=O) groups excluding carboxylic acids is 1. The van der Waals surface area contributed by atoms with Crippen molar-refractivity contribution in [2.24, 2.45) is 0 Å². The van der Waals surface area contributed by atoms with Crippen molar-refractivity contribution in [3.05, 3.63) is 21.6 Å². The summed E-state index contributed by atoms with van der Waals surface area (Å²) >= 11 is 2.80. The molecule has 0 radical (unpaired) electrons.